The first kappa shape index (κ1) is 34.7. The van der Waals surface area contributed by atoms with E-state index in [1.54, 1.807) is 6.29 Å². The fraction of sp³-hybridized carbons (Fsp3) is 0.815. The molecular weight excluding hydrogens is 478 g/mol. The van der Waals surface area contributed by atoms with E-state index >= 15 is 0 Å². The lowest BCUT2D eigenvalue weighted by atomic mass is 9.90. The molecule has 213 valence electrons. The normalized spacial score (nSPS) is 13.5. The summed E-state index contributed by atoms with van der Waals surface area (Å²) in [4.78, 5) is 58.0. The van der Waals surface area contributed by atoms with Crippen molar-refractivity contribution < 1.29 is 34.2 Å². The molecule has 7 N–H and O–H groups in total. The number of nitrogens with two attached hydrogens (primary N) is 2. The van der Waals surface area contributed by atoms with Gasteiger partial charge in [-0.1, -0.05) is 70.6 Å². The largest absolute Gasteiger partial charge is 0.481 e. The number of rotatable bonds is 26. The van der Waals surface area contributed by atoms with Gasteiger partial charge in [-0.2, -0.15) is 0 Å². The van der Waals surface area contributed by atoms with Gasteiger partial charge in [-0.05, 0) is 38.6 Å². The van der Waals surface area contributed by atoms with Crippen LogP contribution >= 0.6 is 0 Å². The lowest BCUT2D eigenvalue weighted by molar-refractivity contribution is -0.142. The Morgan fingerprint density at radius 1 is 0.730 bits per heavy atom. The molecule has 0 aliphatic heterocycles. The standard InChI is InChI=1S/C27H48N3O7/c28-18-14-13-15-22(29)26(35)21(20-31)19-23(27(36)37)30-24(32)16-11-9-7-5-3-1-2-4-6-8-10-12-17-25(33)34/h21-23H,1-19,28-29H2,(H,30,32)(H,33,34)(H,36,37)/t21?,22-,23-/m0/s1. The maximum Gasteiger partial charge on any atom is 0.326 e. The van der Waals surface area contributed by atoms with Crippen molar-refractivity contribution in [3.05, 3.63) is 0 Å². The van der Waals surface area contributed by atoms with Gasteiger partial charge in [0.2, 0.25) is 12.2 Å². The van der Waals surface area contributed by atoms with Crippen LogP contribution in [0.2, 0.25) is 0 Å². The summed E-state index contributed by atoms with van der Waals surface area (Å²) in [6.07, 6.45) is 15.6. The molecule has 10 heteroatoms. The van der Waals surface area contributed by atoms with Crippen LogP contribution < -0.4 is 16.8 Å². The maximum absolute atomic E-state index is 12.4. The minimum Gasteiger partial charge on any atom is -0.481 e. The smallest absolute Gasteiger partial charge is 0.326 e. The maximum atomic E-state index is 12.4. The second kappa shape index (κ2) is 22.8. The quantitative estimate of drug-likeness (QED) is 0.0831. The monoisotopic (exact) mass is 526 g/mol. The van der Waals surface area contributed by atoms with Gasteiger partial charge in [-0.15, -0.1) is 0 Å². The fourth-order valence-corrected chi connectivity index (χ4v) is 4.18. The molecule has 0 saturated heterocycles. The summed E-state index contributed by atoms with van der Waals surface area (Å²) >= 11 is 0. The Hall–Kier alpha value is -2.33. The van der Waals surface area contributed by atoms with Gasteiger partial charge in [-0.3, -0.25) is 19.2 Å². The molecule has 0 aliphatic rings. The molecule has 0 saturated carbocycles. The zero-order valence-electron chi connectivity index (χ0n) is 22.3. The van der Waals surface area contributed by atoms with Gasteiger partial charge in [0.05, 0.1) is 12.0 Å². The Balaban J connectivity index is 4.02. The summed E-state index contributed by atoms with van der Waals surface area (Å²) < 4.78 is 0. The summed E-state index contributed by atoms with van der Waals surface area (Å²) in [7, 11) is 0. The Morgan fingerprint density at radius 3 is 1.65 bits per heavy atom. The predicted molar refractivity (Wildman–Crippen MR) is 142 cm³/mol. The molecule has 0 aromatic carbocycles. The van der Waals surface area contributed by atoms with Crippen LogP contribution in [0.3, 0.4) is 0 Å². The molecule has 0 heterocycles. The minimum atomic E-state index is -1.35. The number of hydrogen-bond acceptors (Lipinski definition) is 7. The lowest BCUT2D eigenvalue weighted by Gasteiger charge is -2.19. The van der Waals surface area contributed by atoms with Crippen LogP contribution in [0.4, 0.5) is 0 Å². The number of aliphatic carboxylic acids is 2. The molecule has 1 radical (unpaired) electrons. The highest BCUT2D eigenvalue weighted by Crippen LogP contribution is 2.14. The van der Waals surface area contributed by atoms with Crippen LogP contribution in [0, 0.1) is 5.92 Å². The van der Waals surface area contributed by atoms with E-state index in [0.717, 1.165) is 51.4 Å². The molecular formula is C27H48N3O7. The van der Waals surface area contributed by atoms with Crippen molar-refractivity contribution in [2.24, 2.45) is 17.4 Å². The number of carbonyl (C=O) groups excluding carboxylic acids is 3. The van der Waals surface area contributed by atoms with E-state index < -0.39 is 41.6 Å². The Kier molecular flexibility index (Phi) is 21.4. The Bertz CT molecular complexity index is 672. The van der Waals surface area contributed by atoms with Crippen LogP contribution in [0.5, 0.6) is 0 Å². The number of carboxylic acid groups (broad SMARTS) is 2. The zero-order chi connectivity index (χ0) is 27.9. The van der Waals surface area contributed by atoms with E-state index in [0.29, 0.717) is 32.2 Å². The van der Waals surface area contributed by atoms with Gasteiger partial charge >= 0.3 is 11.9 Å². The molecule has 0 aliphatic carbocycles. The van der Waals surface area contributed by atoms with Crippen LogP contribution in [0.25, 0.3) is 0 Å². The first-order valence-electron chi connectivity index (χ1n) is 13.8. The Labute approximate surface area is 221 Å². The number of ketones is 1. The first-order chi connectivity index (χ1) is 17.7. The second-order valence-corrected chi connectivity index (χ2v) is 9.79. The number of hydrogen-bond donors (Lipinski definition) is 5. The van der Waals surface area contributed by atoms with E-state index in [-0.39, 0.29) is 19.3 Å². The summed E-state index contributed by atoms with van der Waals surface area (Å²) in [5.41, 5.74) is 11.3. The third-order valence-electron chi connectivity index (χ3n) is 6.47. The molecule has 1 amide bonds. The highest BCUT2D eigenvalue weighted by atomic mass is 16.4. The highest BCUT2D eigenvalue weighted by Gasteiger charge is 2.31. The summed E-state index contributed by atoms with van der Waals surface area (Å²) in [6.45, 7) is 0.469. The van der Waals surface area contributed by atoms with Crippen LogP contribution in [-0.4, -0.2) is 58.8 Å². The number of carboxylic acids is 2. The van der Waals surface area contributed by atoms with Crippen molar-refractivity contribution in [2.45, 2.75) is 128 Å². The first-order valence-corrected chi connectivity index (χ1v) is 13.8. The van der Waals surface area contributed by atoms with Crippen molar-refractivity contribution in [1.29, 1.82) is 0 Å². The van der Waals surface area contributed by atoms with Crippen LogP contribution in [0.1, 0.15) is 116 Å². The van der Waals surface area contributed by atoms with Gasteiger partial charge in [-0.25, -0.2) is 4.79 Å². The molecule has 0 aromatic heterocycles. The Morgan fingerprint density at radius 2 is 1.22 bits per heavy atom. The van der Waals surface area contributed by atoms with Crippen molar-refractivity contribution in [2.75, 3.05) is 6.54 Å². The van der Waals surface area contributed by atoms with Gasteiger partial charge in [0.25, 0.3) is 0 Å². The van der Waals surface area contributed by atoms with E-state index in [4.69, 9.17) is 16.6 Å². The predicted octanol–water partition coefficient (Wildman–Crippen LogP) is 3.24. The van der Waals surface area contributed by atoms with E-state index in [2.05, 4.69) is 5.32 Å². The van der Waals surface area contributed by atoms with Crippen molar-refractivity contribution >= 4 is 29.9 Å². The number of amides is 1. The zero-order valence-corrected chi connectivity index (χ0v) is 22.3. The molecule has 1 unspecified atom stereocenters. The SMILES string of the molecule is NCCCC[C@H](N)C(=O)C([C]=O)C[C@H](NC(=O)CCCCCCCCCCCCCCC(=O)O)C(=O)O. The van der Waals surface area contributed by atoms with E-state index in [1.807, 2.05) is 0 Å². The molecule has 0 fully saturated rings. The second-order valence-electron chi connectivity index (χ2n) is 9.79. The number of unbranched alkanes of at least 4 members (excludes halogenated alkanes) is 12. The van der Waals surface area contributed by atoms with Crippen molar-refractivity contribution in [3.8, 4) is 0 Å². The van der Waals surface area contributed by atoms with Crippen LogP contribution in [0.15, 0.2) is 0 Å². The molecule has 0 rings (SSSR count). The number of carbonyl (C=O) groups is 4. The minimum absolute atomic E-state index is 0.188. The molecule has 0 spiro atoms. The topological polar surface area (TPSA) is 190 Å². The van der Waals surface area contributed by atoms with E-state index in [9.17, 15) is 29.1 Å². The van der Waals surface area contributed by atoms with Crippen LogP contribution in [-0.2, 0) is 24.0 Å². The average molecular weight is 527 g/mol. The van der Waals surface area contributed by atoms with Gasteiger partial charge in [0.1, 0.15) is 6.04 Å². The molecule has 10 nitrogen and oxygen atoms in total. The van der Waals surface area contributed by atoms with Crippen molar-refractivity contribution in [1.82, 2.24) is 5.32 Å². The van der Waals surface area contributed by atoms with Crippen molar-refractivity contribution in [3.63, 3.8) is 0 Å². The molecule has 3 atom stereocenters. The lowest BCUT2D eigenvalue weighted by Crippen LogP contribution is -2.45. The van der Waals surface area contributed by atoms with Gasteiger partial charge in [0, 0.05) is 12.8 Å². The average Bonchev–Trinajstić information content (AvgIpc) is 2.85. The molecule has 37 heavy (non-hydrogen) atoms. The third-order valence-corrected chi connectivity index (χ3v) is 6.47. The summed E-state index contributed by atoms with van der Waals surface area (Å²) in [5, 5.41) is 20.5. The third kappa shape index (κ3) is 19.4. The summed E-state index contributed by atoms with van der Waals surface area (Å²) in [5.74, 6) is -4.32. The van der Waals surface area contributed by atoms with E-state index in [1.165, 1.54) is 19.3 Å². The van der Waals surface area contributed by atoms with Gasteiger partial charge in [0.15, 0.2) is 5.78 Å². The molecule has 0 bridgehead atoms. The highest BCUT2D eigenvalue weighted by molar-refractivity contribution is 5.97. The summed E-state index contributed by atoms with van der Waals surface area (Å²) in [6, 6.07) is -2.24. The fourth-order valence-electron chi connectivity index (χ4n) is 4.18. The number of Topliss-reactive ketones (excluding diaryl/α,β-unsaturated/α-hetero) is 1. The number of nitrogens with one attached hydrogen (secondary N) is 1. The van der Waals surface area contributed by atoms with Gasteiger partial charge < -0.3 is 27.0 Å². The molecule has 0 aromatic rings.